The number of pyridine rings is 1. The molecule has 33 heavy (non-hydrogen) atoms. The van der Waals surface area contributed by atoms with Gasteiger partial charge in [0.1, 0.15) is 5.82 Å². The highest BCUT2D eigenvalue weighted by atomic mass is 32.1. The molecule has 0 saturated carbocycles. The average Bonchev–Trinajstić information content (AvgIpc) is 3.29. The average molecular weight is 472 g/mol. The largest absolute Gasteiger partial charge is 0.396 e. The second kappa shape index (κ2) is 11.9. The van der Waals surface area contributed by atoms with Crippen molar-refractivity contribution in [3.05, 3.63) is 35.0 Å². The maximum Gasteiger partial charge on any atom is 0.239 e. The third kappa shape index (κ3) is 6.31. The standard InChI is InChI=1S/C25H37N5O2S/c1-2-7-20-18-26-25(33-20)28-23-10-5-8-21(27-23)19-11-15-30(16-12-19)24(32)22-9-3-4-13-29(22)14-6-17-31/h5,8,10,18-19,22,31H,2-4,6-7,9,11-17H2,1H3,(H,26,27,28)/t22-/m0/s1. The van der Waals surface area contributed by atoms with Crippen LogP contribution in [0, 0.1) is 0 Å². The zero-order valence-electron chi connectivity index (χ0n) is 19.7. The van der Waals surface area contributed by atoms with Crippen LogP contribution in [-0.4, -0.2) is 69.6 Å². The van der Waals surface area contributed by atoms with Gasteiger partial charge in [0.2, 0.25) is 5.91 Å². The molecule has 0 aromatic carbocycles. The molecule has 1 atom stereocenters. The number of anilines is 2. The molecule has 0 unspecified atom stereocenters. The molecule has 2 fully saturated rings. The molecule has 4 rings (SSSR count). The van der Waals surface area contributed by atoms with E-state index in [1.807, 2.05) is 12.3 Å². The lowest BCUT2D eigenvalue weighted by Gasteiger charge is -2.40. The molecule has 1 amide bonds. The quantitative estimate of drug-likeness (QED) is 0.571. The zero-order chi connectivity index (χ0) is 23.0. The van der Waals surface area contributed by atoms with Gasteiger partial charge in [0.05, 0.1) is 6.04 Å². The second-order valence-electron chi connectivity index (χ2n) is 9.18. The van der Waals surface area contributed by atoms with E-state index in [9.17, 15) is 9.90 Å². The third-order valence-corrected chi connectivity index (χ3v) is 7.76. The van der Waals surface area contributed by atoms with Gasteiger partial charge in [-0.05, 0) is 57.2 Å². The summed E-state index contributed by atoms with van der Waals surface area (Å²) in [6.07, 6.45) is 9.97. The van der Waals surface area contributed by atoms with Gasteiger partial charge in [-0.25, -0.2) is 9.97 Å². The number of amides is 1. The van der Waals surface area contributed by atoms with Crippen molar-refractivity contribution in [2.45, 2.75) is 70.3 Å². The summed E-state index contributed by atoms with van der Waals surface area (Å²) in [7, 11) is 0. The first-order chi connectivity index (χ1) is 16.2. The van der Waals surface area contributed by atoms with E-state index in [4.69, 9.17) is 4.98 Å². The van der Waals surface area contributed by atoms with Crippen LogP contribution in [0.25, 0.3) is 0 Å². The van der Waals surface area contributed by atoms with Gasteiger partial charge in [0.15, 0.2) is 5.13 Å². The van der Waals surface area contributed by atoms with E-state index in [-0.39, 0.29) is 18.6 Å². The number of thiazole rings is 1. The summed E-state index contributed by atoms with van der Waals surface area (Å²) in [5, 5.41) is 13.5. The number of aliphatic hydroxyl groups is 1. The van der Waals surface area contributed by atoms with E-state index >= 15 is 0 Å². The molecule has 0 spiro atoms. The number of aliphatic hydroxyl groups excluding tert-OH is 1. The molecule has 2 aromatic rings. The van der Waals surface area contributed by atoms with Gasteiger partial charge in [-0.1, -0.05) is 25.8 Å². The number of rotatable bonds is 9. The zero-order valence-corrected chi connectivity index (χ0v) is 20.5. The van der Waals surface area contributed by atoms with Crippen molar-refractivity contribution < 1.29 is 9.90 Å². The Labute approximate surface area is 201 Å². The van der Waals surface area contributed by atoms with Crippen LogP contribution in [0.5, 0.6) is 0 Å². The van der Waals surface area contributed by atoms with Crippen LogP contribution in [0.2, 0.25) is 0 Å². The molecule has 2 saturated heterocycles. The Morgan fingerprint density at radius 3 is 2.85 bits per heavy atom. The van der Waals surface area contributed by atoms with Gasteiger partial charge in [-0.2, -0.15) is 0 Å². The fourth-order valence-electron chi connectivity index (χ4n) is 5.00. The number of nitrogens with zero attached hydrogens (tertiary/aromatic N) is 4. The maximum absolute atomic E-state index is 13.3. The van der Waals surface area contributed by atoms with Gasteiger partial charge in [-0.3, -0.25) is 9.69 Å². The molecule has 4 heterocycles. The van der Waals surface area contributed by atoms with E-state index < -0.39 is 0 Å². The number of carbonyl (C=O) groups is 1. The van der Waals surface area contributed by atoms with Gasteiger partial charge in [0, 0.05) is 48.9 Å². The maximum atomic E-state index is 13.3. The molecule has 2 aromatic heterocycles. The number of nitrogens with one attached hydrogen (secondary N) is 1. The van der Waals surface area contributed by atoms with Crippen LogP contribution in [0.4, 0.5) is 10.9 Å². The lowest BCUT2D eigenvalue weighted by molar-refractivity contribution is -0.139. The summed E-state index contributed by atoms with van der Waals surface area (Å²) < 4.78 is 0. The fourth-order valence-corrected chi connectivity index (χ4v) is 5.92. The van der Waals surface area contributed by atoms with E-state index in [2.05, 4.69) is 39.2 Å². The molecule has 2 N–H and O–H groups in total. The van der Waals surface area contributed by atoms with Crippen molar-refractivity contribution in [3.8, 4) is 0 Å². The molecule has 2 aliphatic heterocycles. The number of carbonyl (C=O) groups excluding carboxylic acids is 1. The van der Waals surface area contributed by atoms with Crippen LogP contribution in [-0.2, 0) is 11.2 Å². The molecule has 0 aliphatic carbocycles. The second-order valence-corrected chi connectivity index (χ2v) is 10.3. The van der Waals surface area contributed by atoms with Crippen LogP contribution < -0.4 is 5.32 Å². The minimum Gasteiger partial charge on any atom is -0.396 e. The molecular weight excluding hydrogens is 434 g/mol. The number of hydrogen-bond donors (Lipinski definition) is 2. The predicted octanol–water partition coefficient (Wildman–Crippen LogP) is 4.18. The van der Waals surface area contributed by atoms with Crippen LogP contribution >= 0.6 is 11.3 Å². The normalized spacial score (nSPS) is 20.2. The SMILES string of the molecule is CCCc1cnc(Nc2cccc(C3CCN(C(=O)[C@@H]4CCCCN4CCCO)CC3)n2)s1. The first-order valence-electron chi connectivity index (χ1n) is 12.5. The van der Waals surface area contributed by atoms with Gasteiger partial charge in [-0.15, -0.1) is 11.3 Å². The molecule has 8 heteroatoms. The van der Waals surface area contributed by atoms with Crippen LogP contribution in [0.15, 0.2) is 24.4 Å². The Morgan fingerprint density at radius 1 is 1.21 bits per heavy atom. The van der Waals surface area contributed by atoms with E-state index in [0.717, 1.165) is 94.2 Å². The Hall–Kier alpha value is -2.03. The van der Waals surface area contributed by atoms with Gasteiger partial charge >= 0.3 is 0 Å². The summed E-state index contributed by atoms with van der Waals surface area (Å²) in [5.41, 5.74) is 1.10. The minimum atomic E-state index is -0.0107. The lowest BCUT2D eigenvalue weighted by atomic mass is 9.92. The third-order valence-electron chi connectivity index (χ3n) is 6.78. The highest BCUT2D eigenvalue weighted by Gasteiger charge is 2.33. The summed E-state index contributed by atoms with van der Waals surface area (Å²) in [6, 6.07) is 6.15. The van der Waals surface area contributed by atoms with E-state index in [1.54, 1.807) is 11.3 Å². The fraction of sp³-hybridized carbons (Fsp3) is 0.640. The van der Waals surface area contributed by atoms with Crippen molar-refractivity contribution in [2.24, 2.45) is 0 Å². The van der Waals surface area contributed by atoms with Gasteiger partial charge < -0.3 is 15.3 Å². The van der Waals surface area contributed by atoms with Crippen LogP contribution in [0.3, 0.4) is 0 Å². The molecule has 7 nitrogen and oxygen atoms in total. The molecule has 2 aliphatic rings. The summed E-state index contributed by atoms with van der Waals surface area (Å²) in [6.45, 7) is 5.73. The molecule has 180 valence electrons. The highest BCUT2D eigenvalue weighted by Crippen LogP contribution is 2.30. The van der Waals surface area contributed by atoms with Crippen molar-refractivity contribution in [1.29, 1.82) is 0 Å². The van der Waals surface area contributed by atoms with Crippen molar-refractivity contribution in [2.75, 3.05) is 38.1 Å². The highest BCUT2D eigenvalue weighted by molar-refractivity contribution is 7.15. The topological polar surface area (TPSA) is 81.6 Å². The summed E-state index contributed by atoms with van der Waals surface area (Å²) in [4.78, 5) is 28.3. The lowest BCUT2D eigenvalue weighted by Crippen LogP contribution is -2.52. The smallest absolute Gasteiger partial charge is 0.239 e. The summed E-state index contributed by atoms with van der Waals surface area (Å²) in [5.74, 6) is 1.49. The van der Waals surface area contributed by atoms with Crippen molar-refractivity contribution >= 4 is 28.2 Å². The van der Waals surface area contributed by atoms with E-state index in [1.165, 1.54) is 4.88 Å². The number of likely N-dealkylation sites (tertiary alicyclic amines) is 2. The number of aryl methyl sites for hydroxylation is 1. The van der Waals surface area contributed by atoms with Crippen LogP contribution in [0.1, 0.15) is 68.4 Å². The summed E-state index contributed by atoms with van der Waals surface area (Å²) >= 11 is 1.69. The Bertz CT molecular complexity index is 896. The molecule has 0 radical (unpaired) electrons. The first kappa shape index (κ1) is 24.1. The molecule has 0 bridgehead atoms. The van der Waals surface area contributed by atoms with E-state index in [0.29, 0.717) is 5.92 Å². The Kier molecular flexibility index (Phi) is 8.69. The Balaban J connectivity index is 1.32. The van der Waals surface area contributed by atoms with Crippen molar-refractivity contribution in [1.82, 2.24) is 19.8 Å². The first-order valence-corrected chi connectivity index (χ1v) is 13.3. The van der Waals surface area contributed by atoms with Gasteiger partial charge in [0.25, 0.3) is 0 Å². The monoisotopic (exact) mass is 471 g/mol. The number of aromatic nitrogens is 2. The minimum absolute atomic E-state index is 0.0107. The predicted molar refractivity (Wildman–Crippen MR) is 133 cm³/mol. The Morgan fingerprint density at radius 2 is 2.06 bits per heavy atom. The number of hydrogen-bond acceptors (Lipinski definition) is 7. The molecular formula is C25H37N5O2S. The number of piperidine rings is 2. The van der Waals surface area contributed by atoms with Crippen molar-refractivity contribution in [3.63, 3.8) is 0 Å².